The predicted octanol–water partition coefficient (Wildman–Crippen LogP) is 2.00. The summed E-state index contributed by atoms with van der Waals surface area (Å²) in [6.45, 7) is 3.24. The molecule has 1 aliphatic heterocycles. The smallest absolute Gasteiger partial charge is 0.243 e. The highest BCUT2D eigenvalue weighted by molar-refractivity contribution is 7.89. The molecule has 1 aliphatic rings. The van der Waals surface area contributed by atoms with Crippen molar-refractivity contribution in [3.8, 4) is 0 Å². The largest absolute Gasteiger partial charge is 0.379 e. The van der Waals surface area contributed by atoms with Gasteiger partial charge in [-0.05, 0) is 23.3 Å². The molecule has 2 aromatic carbocycles. The summed E-state index contributed by atoms with van der Waals surface area (Å²) >= 11 is 0. The lowest BCUT2D eigenvalue weighted by molar-refractivity contribution is 0.0730. The second kappa shape index (κ2) is 7.90. The van der Waals surface area contributed by atoms with E-state index in [1.165, 1.54) is 9.87 Å². The number of hydrogen-bond donors (Lipinski definition) is 1. The molecule has 0 unspecified atom stereocenters. The fraction of sp³-hybridized carbons (Fsp3) is 0.333. The topological polar surface area (TPSA) is 58.6 Å². The number of nitrogens with one attached hydrogen (secondary N) is 1. The van der Waals surface area contributed by atoms with Crippen molar-refractivity contribution in [1.82, 2.24) is 9.62 Å². The molecule has 128 valence electrons. The molecule has 1 N–H and O–H groups in total. The molecule has 5 nitrogen and oxygen atoms in total. The lowest BCUT2D eigenvalue weighted by Crippen LogP contribution is -2.40. The molecule has 0 radical (unpaired) electrons. The van der Waals surface area contributed by atoms with Crippen molar-refractivity contribution in [1.29, 1.82) is 0 Å². The van der Waals surface area contributed by atoms with E-state index in [1.807, 2.05) is 30.3 Å². The van der Waals surface area contributed by atoms with Gasteiger partial charge in [-0.1, -0.05) is 42.5 Å². The molecule has 24 heavy (non-hydrogen) atoms. The number of nitrogens with zero attached hydrogens (tertiary/aromatic N) is 1. The van der Waals surface area contributed by atoms with E-state index in [0.717, 1.165) is 12.1 Å². The van der Waals surface area contributed by atoms with Crippen molar-refractivity contribution >= 4 is 10.0 Å². The fourth-order valence-corrected chi connectivity index (χ4v) is 4.07. The summed E-state index contributed by atoms with van der Waals surface area (Å²) in [6, 6.07) is 17.3. The first-order chi connectivity index (χ1) is 11.7. The summed E-state index contributed by atoms with van der Waals surface area (Å²) < 4.78 is 31.8. The standard InChI is InChI=1S/C18H22N2O3S/c21-24(22,20-10-12-23-13-11-20)18-8-6-17(7-9-18)15-19-14-16-4-2-1-3-5-16/h1-9,19H,10-15H2. The minimum absolute atomic E-state index is 0.344. The van der Waals surface area contributed by atoms with Gasteiger partial charge in [0.2, 0.25) is 10.0 Å². The Morgan fingerprint density at radius 2 is 1.46 bits per heavy atom. The molecule has 0 saturated carbocycles. The molecule has 2 aromatic rings. The van der Waals surface area contributed by atoms with Crippen LogP contribution in [0.4, 0.5) is 0 Å². The molecule has 1 heterocycles. The molecule has 0 spiro atoms. The van der Waals surface area contributed by atoms with Gasteiger partial charge in [0.15, 0.2) is 0 Å². The predicted molar refractivity (Wildman–Crippen MR) is 93.0 cm³/mol. The Kier molecular flexibility index (Phi) is 5.63. The Bertz CT molecular complexity index is 740. The molecule has 0 aliphatic carbocycles. The van der Waals surface area contributed by atoms with Gasteiger partial charge in [0.05, 0.1) is 18.1 Å². The van der Waals surface area contributed by atoms with Crippen molar-refractivity contribution in [2.45, 2.75) is 18.0 Å². The average Bonchev–Trinajstić information content (AvgIpc) is 2.64. The van der Waals surface area contributed by atoms with Gasteiger partial charge >= 0.3 is 0 Å². The molecule has 0 bridgehead atoms. The van der Waals surface area contributed by atoms with Crippen LogP contribution in [0.2, 0.25) is 0 Å². The number of sulfonamides is 1. The lowest BCUT2D eigenvalue weighted by Gasteiger charge is -2.26. The molecule has 0 amide bonds. The van der Waals surface area contributed by atoms with Crippen LogP contribution in [0.3, 0.4) is 0 Å². The van der Waals surface area contributed by atoms with Crippen molar-refractivity contribution in [2.24, 2.45) is 0 Å². The number of ether oxygens (including phenoxy) is 1. The Hall–Kier alpha value is -1.73. The van der Waals surface area contributed by atoms with Crippen LogP contribution in [-0.2, 0) is 27.8 Å². The average molecular weight is 346 g/mol. The Morgan fingerprint density at radius 1 is 0.875 bits per heavy atom. The van der Waals surface area contributed by atoms with Crippen LogP contribution in [0.15, 0.2) is 59.5 Å². The quantitative estimate of drug-likeness (QED) is 0.869. The zero-order chi connectivity index (χ0) is 16.8. The molecule has 6 heteroatoms. The zero-order valence-corrected chi connectivity index (χ0v) is 14.3. The highest BCUT2D eigenvalue weighted by Crippen LogP contribution is 2.17. The summed E-state index contributed by atoms with van der Waals surface area (Å²) in [4.78, 5) is 0.344. The minimum atomic E-state index is -3.41. The number of hydrogen-bond acceptors (Lipinski definition) is 4. The maximum Gasteiger partial charge on any atom is 0.243 e. The fourth-order valence-electron chi connectivity index (χ4n) is 2.66. The van der Waals surface area contributed by atoms with Gasteiger partial charge in [-0.2, -0.15) is 4.31 Å². The van der Waals surface area contributed by atoms with E-state index >= 15 is 0 Å². The molecule has 0 aromatic heterocycles. The SMILES string of the molecule is O=S(=O)(c1ccc(CNCc2ccccc2)cc1)N1CCOCC1. The first-order valence-electron chi connectivity index (χ1n) is 8.08. The Morgan fingerprint density at radius 3 is 2.08 bits per heavy atom. The molecule has 0 atom stereocenters. The van der Waals surface area contributed by atoms with Gasteiger partial charge in [-0.3, -0.25) is 0 Å². The van der Waals surface area contributed by atoms with Gasteiger partial charge in [0.25, 0.3) is 0 Å². The van der Waals surface area contributed by atoms with Crippen LogP contribution in [0.25, 0.3) is 0 Å². The number of rotatable bonds is 6. The van der Waals surface area contributed by atoms with Crippen LogP contribution >= 0.6 is 0 Å². The maximum atomic E-state index is 12.6. The van der Waals surface area contributed by atoms with Gasteiger partial charge < -0.3 is 10.1 Å². The van der Waals surface area contributed by atoms with Gasteiger partial charge in [-0.25, -0.2) is 8.42 Å². The maximum absolute atomic E-state index is 12.6. The van der Waals surface area contributed by atoms with Gasteiger partial charge in [0.1, 0.15) is 0 Å². The summed E-state index contributed by atoms with van der Waals surface area (Å²) in [7, 11) is -3.41. The van der Waals surface area contributed by atoms with E-state index in [-0.39, 0.29) is 0 Å². The third kappa shape index (κ3) is 4.21. The molecule has 1 fully saturated rings. The van der Waals surface area contributed by atoms with E-state index < -0.39 is 10.0 Å². The number of morpholine rings is 1. The van der Waals surface area contributed by atoms with Crippen molar-refractivity contribution in [2.75, 3.05) is 26.3 Å². The van der Waals surface area contributed by atoms with Crippen LogP contribution in [0.5, 0.6) is 0 Å². The van der Waals surface area contributed by atoms with E-state index in [4.69, 9.17) is 4.74 Å². The van der Waals surface area contributed by atoms with Gasteiger partial charge in [-0.15, -0.1) is 0 Å². The normalized spacial score (nSPS) is 16.2. The lowest BCUT2D eigenvalue weighted by atomic mass is 10.2. The van der Waals surface area contributed by atoms with Gasteiger partial charge in [0, 0.05) is 26.2 Å². The Labute approximate surface area is 143 Å². The van der Waals surface area contributed by atoms with E-state index in [9.17, 15) is 8.42 Å². The zero-order valence-electron chi connectivity index (χ0n) is 13.5. The number of benzene rings is 2. The van der Waals surface area contributed by atoms with E-state index in [2.05, 4.69) is 17.4 Å². The monoisotopic (exact) mass is 346 g/mol. The third-order valence-electron chi connectivity index (χ3n) is 4.03. The second-order valence-corrected chi connectivity index (χ2v) is 7.69. The molecular weight excluding hydrogens is 324 g/mol. The summed E-state index contributed by atoms with van der Waals surface area (Å²) in [6.07, 6.45) is 0. The molecule has 3 rings (SSSR count). The summed E-state index contributed by atoms with van der Waals surface area (Å²) in [5, 5.41) is 3.36. The highest BCUT2D eigenvalue weighted by Gasteiger charge is 2.25. The minimum Gasteiger partial charge on any atom is -0.379 e. The second-order valence-electron chi connectivity index (χ2n) is 5.75. The van der Waals surface area contributed by atoms with Crippen LogP contribution in [-0.4, -0.2) is 39.0 Å². The van der Waals surface area contributed by atoms with Crippen molar-refractivity contribution in [3.05, 3.63) is 65.7 Å². The van der Waals surface area contributed by atoms with E-state index in [1.54, 1.807) is 12.1 Å². The molecule has 1 saturated heterocycles. The van der Waals surface area contributed by atoms with Crippen LogP contribution < -0.4 is 5.32 Å². The highest BCUT2D eigenvalue weighted by atomic mass is 32.2. The summed E-state index contributed by atoms with van der Waals surface area (Å²) in [5.41, 5.74) is 2.29. The first-order valence-corrected chi connectivity index (χ1v) is 9.52. The summed E-state index contributed by atoms with van der Waals surface area (Å²) in [5.74, 6) is 0. The Balaban J connectivity index is 1.58. The van der Waals surface area contributed by atoms with Crippen LogP contribution in [0, 0.1) is 0 Å². The first kappa shape index (κ1) is 17.1. The van der Waals surface area contributed by atoms with Crippen molar-refractivity contribution < 1.29 is 13.2 Å². The van der Waals surface area contributed by atoms with E-state index in [0.29, 0.717) is 37.7 Å². The molecular formula is C18H22N2O3S. The van der Waals surface area contributed by atoms with Crippen LogP contribution in [0.1, 0.15) is 11.1 Å². The third-order valence-corrected chi connectivity index (χ3v) is 5.95. The van der Waals surface area contributed by atoms with Crippen molar-refractivity contribution in [3.63, 3.8) is 0 Å².